The number of hydrogen-bond donors (Lipinski definition) is 1. The predicted molar refractivity (Wildman–Crippen MR) is 68.5 cm³/mol. The number of methoxy groups -OCH3 is 1. The predicted octanol–water partition coefficient (Wildman–Crippen LogP) is 3.05. The minimum atomic E-state index is -4.81. The van der Waals surface area contributed by atoms with Gasteiger partial charge in [-0.2, -0.15) is 13.2 Å². The van der Waals surface area contributed by atoms with Gasteiger partial charge in [-0.1, -0.05) is 6.92 Å². The van der Waals surface area contributed by atoms with Crippen LogP contribution in [0.25, 0.3) is 6.08 Å². The Bertz CT molecular complexity index is 605. The molecule has 0 saturated heterocycles. The van der Waals surface area contributed by atoms with E-state index >= 15 is 0 Å². The van der Waals surface area contributed by atoms with Gasteiger partial charge < -0.3 is 14.6 Å². The lowest BCUT2D eigenvalue weighted by atomic mass is 9.98. The van der Waals surface area contributed by atoms with Gasteiger partial charge in [-0.05, 0) is 24.1 Å². The molecule has 1 heterocycles. The summed E-state index contributed by atoms with van der Waals surface area (Å²) in [5, 5.41) is 8.95. The first-order valence-electron chi connectivity index (χ1n) is 6.17. The molecular formula is C14H13F3O4. The van der Waals surface area contributed by atoms with Crippen molar-refractivity contribution in [2.75, 3.05) is 7.11 Å². The van der Waals surface area contributed by atoms with E-state index in [1.807, 2.05) is 6.92 Å². The number of aryl methyl sites for hydroxylation is 1. The first-order valence-corrected chi connectivity index (χ1v) is 6.17. The Labute approximate surface area is 118 Å². The summed E-state index contributed by atoms with van der Waals surface area (Å²) in [7, 11) is 1.41. The Morgan fingerprint density at radius 1 is 1.43 bits per heavy atom. The van der Waals surface area contributed by atoms with Crippen LogP contribution in [0.2, 0.25) is 0 Å². The van der Waals surface area contributed by atoms with Crippen LogP contribution in [0.1, 0.15) is 18.1 Å². The molecule has 21 heavy (non-hydrogen) atoms. The molecule has 0 aliphatic carbocycles. The minimum Gasteiger partial charge on any atom is -0.496 e. The number of aliphatic carboxylic acids is 1. The lowest BCUT2D eigenvalue weighted by molar-refractivity contribution is -0.187. The van der Waals surface area contributed by atoms with E-state index in [9.17, 15) is 18.0 Å². The lowest BCUT2D eigenvalue weighted by Crippen LogP contribution is -2.40. The molecule has 1 aliphatic rings. The highest BCUT2D eigenvalue weighted by Crippen LogP contribution is 2.40. The monoisotopic (exact) mass is 302 g/mol. The molecule has 0 spiro atoms. The smallest absolute Gasteiger partial charge is 0.430 e. The summed E-state index contributed by atoms with van der Waals surface area (Å²) in [6, 6.07) is 2.92. The van der Waals surface area contributed by atoms with Crippen LogP contribution in [0.15, 0.2) is 17.7 Å². The van der Waals surface area contributed by atoms with E-state index in [1.165, 1.54) is 13.2 Å². The highest BCUT2D eigenvalue weighted by molar-refractivity contribution is 5.95. The van der Waals surface area contributed by atoms with Gasteiger partial charge >= 0.3 is 12.1 Å². The van der Waals surface area contributed by atoms with Crippen LogP contribution in [0, 0.1) is 0 Å². The van der Waals surface area contributed by atoms with Crippen LogP contribution >= 0.6 is 0 Å². The number of carboxylic acid groups (broad SMARTS) is 1. The SMILES string of the molecule is CCc1cc2c(cc1OC)OC(C(F)(F)F)C(C(=O)O)=C2. The van der Waals surface area contributed by atoms with Crippen molar-refractivity contribution < 1.29 is 32.5 Å². The van der Waals surface area contributed by atoms with Gasteiger partial charge in [0.15, 0.2) is 0 Å². The third-order valence-electron chi connectivity index (χ3n) is 3.18. The van der Waals surface area contributed by atoms with Crippen molar-refractivity contribution in [2.24, 2.45) is 0 Å². The second kappa shape index (κ2) is 5.31. The highest BCUT2D eigenvalue weighted by Gasteiger charge is 2.48. The van der Waals surface area contributed by atoms with Gasteiger partial charge in [0.25, 0.3) is 0 Å². The summed E-state index contributed by atoms with van der Waals surface area (Å²) in [5.74, 6) is -1.29. The van der Waals surface area contributed by atoms with Crippen molar-refractivity contribution in [3.8, 4) is 11.5 Å². The first kappa shape index (κ1) is 15.2. The van der Waals surface area contributed by atoms with Crippen molar-refractivity contribution in [1.29, 1.82) is 0 Å². The zero-order valence-corrected chi connectivity index (χ0v) is 11.3. The summed E-state index contributed by atoms with van der Waals surface area (Å²) >= 11 is 0. The molecular weight excluding hydrogens is 289 g/mol. The van der Waals surface area contributed by atoms with Crippen LogP contribution in [-0.4, -0.2) is 30.5 Å². The number of fused-ring (bicyclic) bond motifs is 1. The van der Waals surface area contributed by atoms with Crippen molar-refractivity contribution in [1.82, 2.24) is 0 Å². The van der Waals surface area contributed by atoms with Crippen molar-refractivity contribution in [3.63, 3.8) is 0 Å². The van der Waals surface area contributed by atoms with Gasteiger partial charge in [0.05, 0.1) is 12.7 Å². The molecule has 1 aliphatic heterocycles. The van der Waals surface area contributed by atoms with Crippen LogP contribution in [0.5, 0.6) is 11.5 Å². The van der Waals surface area contributed by atoms with Crippen molar-refractivity contribution in [3.05, 3.63) is 28.8 Å². The first-order chi connectivity index (χ1) is 9.77. The second-order valence-electron chi connectivity index (χ2n) is 4.50. The molecule has 1 aromatic carbocycles. The number of ether oxygens (including phenoxy) is 2. The summed E-state index contributed by atoms with van der Waals surface area (Å²) in [4.78, 5) is 11.0. The van der Waals surface area contributed by atoms with E-state index in [4.69, 9.17) is 14.6 Å². The maximum Gasteiger partial charge on any atom is 0.430 e. The molecule has 7 heteroatoms. The molecule has 1 unspecified atom stereocenters. The fraction of sp³-hybridized carbons (Fsp3) is 0.357. The average Bonchev–Trinajstić information content (AvgIpc) is 2.43. The Morgan fingerprint density at radius 3 is 2.57 bits per heavy atom. The summed E-state index contributed by atoms with van der Waals surface area (Å²) in [6.07, 6.45) is -5.70. The number of benzene rings is 1. The topological polar surface area (TPSA) is 55.8 Å². The number of carboxylic acids is 1. The number of carbonyl (C=O) groups is 1. The molecule has 4 nitrogen and oxygen atoms in total. The van der Waals surface area contributed by atoms with Crippen molar-refractivity contribution >= 4 is 12.0 Å². The third kappa shape index (κ3) is 2.81. The molecule has 0 bridgehead atoms. The number of rotatable bonds is 3. The van der Waals surface area contributed by atoms with Gasteiger partial charge in [0, 0.05) is 11.6 Å². The van der Waals surface area contributed by atoms with Gasteiger partial charge in [-0.15, -0.1) is 0 Å². The third-order valence-corrected chi connectivity index (χ3v) is 3.18. The number of hydrogen-bond acceptors (Lipinski definition) is 3. The van der Waals surface area contributed by atoms with Crippen LogP contribution in [0.3, 0.4) is 0 Å². The fourth-order valence-corrected chi connectivity index (χ4v) is 2.16. The van der Waals surface area contributed by atoms with Crippen LogP contribution in [0.4, 0.5) is 13.2 Å². The largest absolute Gasteiger partial charge is 0.496 e. The molecule has 114 valence electrons. The quantitative estimate of drug-likeness (QED) is 0.932. The molecule has 0 amide bonds. The van der Waals surface area contributed by atoms with Gasteiger partial charge in [-0.25, -0.2) is 4.79 Å². The van der Waals surface area contributed by atoms with Gasteiger partial charge in [-0.3, -0.25) is 0 Å². The Hall–Kier alpha value is -2.18. The normalized spacial score (nSPS) is 17.6. The maximum atomic E-state index is 12.9. The molecule has 0 radical (unpaired) electrons. The maximum absolute atomic E-state index is 12.9. The molecule has 0 aromatic heterocycles. The standard InChI is InChI=1S/C14H13F3O4/c1-3-7-4-8-5-9(13(18)19)12(14(15,16)17)21-11(8)6-10(7)20-2/h4-6,12H,3H2,1-2H3,(H,18,19). The Balaban J connectivity index is 2.58. The van der Waals surface area contributed by atoms with Crippen LogP contribution < -0.4 is 9.47 Å². The summed E-state index contributed by atoms with van der Waals surface area (Å²) in [5.41, 5.74) is 0.221. The molecule has 1 aromatic rings. The Morgan fingerprint density at radius 2 is 2.10 bits per heavy atom. The molecule has 1 atom stereocenters. The number of halogens is 3. The van der Waals surface area contributed by atoms with Gasteiger partial charge in [0.1, 0.15) is 11.5 Å². The zero-order valence-electron chi connectivity index (χ0n) is 11.3. The van der Waals surface area contributed by atoms with E-state index in [1.54, 1.807) is 6.07 Å². The highest BCUT2D eigenvalue weighted by atomic mass is 19.4. The van der Waals surface area contributed by atoms with Crippen molar-refractivity contribution in [2.45, 2.75) is 25.6 Å². The Kier molecular flexibility index (Phi) is 3.85. The summed E-state index contributed by atoms with van der Waals surface area (Å²) < 4.78 is 48.7. The van der Waals surface area contributed by atoms with Crippen LogP contribution in [-0.2, 0) is 11.2 Å². The molecule has 1 N–H and O–H groups in total. The fourth-order valence-electron chi connectivity index (χ4n) is 2.16. The summed E-state index contributed by atoms with van der Waals surface area (Å²) in [6.45, 7) is 1.86. The van der Waals surface area contributed by atoms with Gasteiger partial charge in [0.2, 0.25) is 6.10 Å². The van der Waals surface area contributed by atoms with E-state index in [2.05, 4.69) is 0 Å². The van der Waals surface area contributed by atoms with E-state index in [0.717, 1.165) is 11.6 Å². The molecule has 0 fully saturated rings. The molecule has 2 rings (SSSR count). The second-order valence-corrected chi connectivity index (χ2v) is 4.50. The van der Waals surface area contributed by atoms with E-state index in [-0.39, 0.29) is 5.75 Å². The average molecular weight is 302 g/mol. The number of alkyl halides is 3. The van der Waals surface area contributed by atoms with E-state index in [0.29, 0.717) is 17.7 Å². The minimum absolute atomic E-state index is 0.0450. The molecule has 0 saturated carbocycles. The lowest BCUT2D eigenvalue weighted by Gasteiger charge is -2.27. The van der Waals surface area contributed by atoms with E-state index < -0.39 is 23.8 Å². The zero-order chi connectivity index (χ0) is 15.8.